The maximum atomic E-state index is 5.37. The van der Waals surface area contributed by atoms with E-state index in [-0.39, 0.29) is 0 Å². The lowest BCUT2D eigenvalue weighted by molar-refractivity contribution is 0.249. The lowest BCUT2D eigenvalue weighted by Gasteiger charge is -2.35. The molecule has 0 spiro atoms. The summed E-state index contributed by atoms with van der Waals surface area (Å²) in [5, 5.41) is 11.4. The molecule has 1 N–H and O–H groups in total. The van der Waals surface area contributed by atoms with Crippen molar-refractivity contribution in [1.82, 2.24) is 20.1 Å². The Balaban J connectivity index is 1.38. The molecular weight excluding hydrogens is 352 g/mol. The van der Waals surface area contributed by atoms with Crippen LogP contribution in [0.15, 0.2) is 60.8 Å². The van der Waals surface area contributed by atoms with E-state index in [2.05, 4.69) is 60.6 Å². The summed E-state index contributed by atoms with van der Waals surface area (Å²) in [6.07, 6.45) is 1.72. The van der Waals surface area contributed by atoms with Gasteiger partial charge in [0.2, 0.25) is 5.95 Å². The van der Waals surface area contributed by atoms with Crippen LogP contribution in [-0.2, 0) is 6.54 Å². The summed E-state index contributed by atoms with van der Waals surface area (Å²) in [6.45, 7) is 4.80. The summed E-state index contributed by atoms with van der Waals surface area (Å²) in [5.74, 6) is 2.05. The van der Waals surface area contributed by atoms with Crippen LogP contribution < -0.4 is 15.0 Å². The Labute approximate surface area is 165 Å². The summed E-state index contributed by atoms with van der Waals surface area (Å²) in [5.41, 5.74) is 2.17. The fourth-order valence-electron chi connectivity index (χ4n) is 3.35. The van der Waals surface area contributed by atoms with E-state index < -0.39 is 0 Å². The molecular formula is C21H24N6O. The number of nitrogens with one attached hydrogen (secondary N) is 1. The summed E-state index contributed by atoms with van der Waals surface area (Å²) in [4.78, 5) is 9.36. The average molecular weight is 376 g/mol. The van der Waals surface area contributed by atoms with Crippen LogP contribution in [0.25, 0.3) is 0 Å². The zero-order valence-electron chi connectivity index (χ0n) is 16.0. The van der Waals surface area contributed by atoms with Crippen LogP contribution in [0, 0.1) is 0 Å². The van der Waals surface area contributed by atoms with Gasteiger partial charge in [-0.3, -0.25) is 4.90 Å². The molecule has 144 valence electrons. The molecule has 7 nitrogen and oxygen atoms in total. The van der Waals surface area contributed by atoms with Gasteiger partial charge in [-0.1, -0.05) is 42.5 Å². The molecule has 2 aromatic carbocycles. The van der Waals surface area contributed by atoms with Gasteiger partial charge in [0.05, 0.1) is 19.0 Å². The van der Waals surface area contributed by atoms with E-state index in [1.807, 2.05) is 24.3 Å². The Morgan fingerprint density at radius 2 is 1.71 bits per heavy atom. The summed E-state index contributed by atoms with van der Waals surface area (Å²) in [7, 11) is 1.64. The number of hydrogen-bond donors (Lipinski definition) is 1. The second-order valence-corrected chi connectivity index (χ2v) is 6.71. The van der Waals surface area contributed by atoms with Gasteiger partial charge >= 0.3 is 0 Å². The van der Waals surface area contributed by atoms with Crippen molar-refractivity contribution in [3.63, 3.8) is 0 Å². The molecule has 0 unspecified atom stereocenters. The second-order valence-electron chi connectivity index (χ2n) is 6.71. The van der Waals surface area contributed by atoms with E-state index in [1.54, 1.807) is 13.3 Å². The molecule has 0 atom stereocenters. The van der Waals surface area contributed by atoms with Crippen LogP contribution in [0.4, 0.5) is 17.5 Å². The van der Waals surface area contributed by atoms with E-state index in [0.29, 0.717) is 5.95 Å². The zero-order valence-corrected chi connectivity index (χ0v) is 16.0. The first-order valence-electron chi connectivity index (χ1n) is 9.43. The number of benzene rings is 2. The van der Waals surface area contributed by atoms with Gasteiger partial charge < -0.3 is 15.0 Å². The van der Waals surface area contributed by atoms with Crippen molar-refractivity contribution < 1.29 is 4.74 Å². The van der Waals surface area contributed by atoms with Crippen molar-refractivity contribution >= 4 is 17.5 Å². The smallest absolute Gasteiger partial charge is 0.249 e. The molecule has 0 amide bonds. The minimum atomic E-state index is 0.466. The maximum absolute atomic E-state index is 5.37. The molecule has 1 aliphatic rings. The largest absolute Gasteiger partial charge is 0.495 e. The number of nitrogens with zero attached hydrogens (tertiary/aromatic N) is 5. The predicted molar refractivity (Wildman–Crippen MR) is 110 cm³/mol. The van der Waals surface area contributed by atoms with Gasteiger partial charge in [0.15, 0.2) is 5.82 Å². The van der Waals surface area contributed by atoms with Crippen LogP contribution in [0.3, 0.4) is 0 Å². The lowest BCUT2D eigenvalue weighted by Crippen LogP contribution is -2.46. The first-order valence-corrected chi connectivity index (χ1v) is 9.43. The molecule has 0 saturated carbocycles. The number of rotatable bonds is 6. The molecule has 1 aromatic heterocycles. The average Bonchev–Trinajstić information content (AvgIpc) is 2.76. The quantitative estimate of drug-likeness (QED) is 0.709. The van der Waals surface area contributed by atoms with E-state index in [0.717, 1.165) is 50.0 Å². The summed E-state index contributed by atoms with van der Waals surface area (Å²) >= 11 is 0. The minimum absolute atomic E-state index is 0.466. The number of piperazine rings is 1. The van der Waals surface area contributed by atoms with Gasteiger partial charge in [-0.15, -0.1) is 5.10 Å². The first kappa shape index (κ1) is 18.2. The zero-order chi connectivity index (χ0) is 19.2. The highest BCUT2D eigenvalue weighted by atomic mass is 16.5. The molecule has 28 heavy (non-hydrogen) atoms. The molecule has 2 heterocycles. The predicted octanol–water partition coefficient (Wildman–Crippen LogP) is 2.95. The van der Waals surface area contributed by atoms with Gasteiger partial charge in [-0.2, -0.15) is 10.1 Å². The van der Waals surface area contributed by atoms with Gasteiger partial charge in [-0.25, -0.2) is 0 Å². The number of anilines is 3. The standard InChI is InChI=1S/C21H24N6O/c1-28-19-10-6-5-9-18(19)23-21-24-20(15-22-25-21)27-13-11-26(12-14-27)16-17-7-3-2-4-8-17/h2-10,15H,11-14,16H2,1H3,(H,23,24,25). The molecule has 0 aliphatic carbocycles. The SMILES string of the molecule is COc1ccccc1Nc1nncc(N2CCN(Cc3ccccc3)CC2)n1. The molecule has 7 heteroatoms. The van der Waals surface area contributed by atoms with Crippen molar-refractivity contribution in [3.05, 3.63) is 66.4 Å². The van der Waals surface area contributed by atoms with E-state index >= 15 is 0 Å². The summed E-state index contributed by atoms with van der Waals surface area (Å²) in [6, 6.07) is 18.3. The van der Waals surface area contributed by atoms with Gasteiger partial charge in [0, 0.05) is 32.7 Å². The Bertz CT molecular complexity index is 896. The van der Waals surface area contributed by atoms with Gasteiger partial charge in [0.25, 0.3) is 0 Å². The number of ether oxygens (including phenoxy) is 1. The van der Waals surface area contributed by atoms with E-state index in [4.69, 9.17) is 4.74 Å². The number of hydrogen-bond acceptors (Lipinski definition) is 7. The number of methoxy groups -OCH3 is 1. The molecule has 1 fully saturated rings. The molecule has 1 saturated heterocycles. The summed E-state index contributed by atoms with van der Waals surface area (Å²) < 4.78 is 5.37. The van der Waals surface area contributed by atoms with Crippen molar-refractivity contribution in [1.29, 1.82) is 0 Å². The van der Waals surface area contributed by atoms with E-state index in [9.17, 15) is 0 Å². The van der Waals surface area contributed by atoms with Crippen molar-refractivity contribution in [2.24, 2.45) is 0 Å². The highest BCUT2D eigenvalue weighted by Crippen LogP contribution is 2.26. The normalized spacial score (nSPS) is 14.7. The van der Waals surface area contributed by atoms with Gasteiger partial charge in [0.1, 0.15) is 5.75 Å². The fraction of sp³-hybridized carbons (Fsp3) is 0.286. The monoisotopic (exact) mass is 376 g/mol. The fourth-order valence-corrected chi connectivity index (χ4v) is 3.35. The number of aromatic nitrogens is 3. The first-order chi connectivity index (χ1) is 13.8. The number of para-hydroxylation sites is 2. The van der Waals surface area contributed by atoms with Crippen LogP contribution in [0.2, 0.25) is 0 Å². The van der Waals surface area contributed by atoms with Crippen LogP contribution in [0.5, 0.6) is 5.75 Å². The van der Waals surface area contributed by atoms with E-state index in [1.165, 1.54) is 5.56 Å². The van der Waals surface area contributed by atoms with Crippen LogP contribution in [-0.4, -0.2) is 53.4 Å². The molecule has 3 aromatic rings. The Hall–Kier alpha value is -3.19. The Kier molecular flexibility index (Phi) is 5.63. The highest BCUT2D eigenvalue weighted by Gasteiger charge is 2.19. The molecule has 1 aliphatic heterocycles. The third kappa shape index (κ3) is 4.37. The lowest BCUT2D eigenvalue weighted by atomic mass is 10.2. The second kappa shape index (κ2) is 8.67. The van der Waals surface area contributed by atoms with Crippen molar-refractivity contribution in [2.45, 2.75) is 6.54 Å². The minimum Gasteiger partial charge on any atom is -0.495 e. The maximum Gasteiger partial charge on any atom is 0.249 e. The molecule has 0 radical (unpaired) electrons. The molecule has 4 rings (SSSR count). The van der Waals surface area contributed by atoms with Crippen LogP contribution >= 0.6 is 0 Å². The van der Waals surface area contributed by atoms with Crippen molar-refractivity contribution in [3.8, 4) is 5.75 Å². The van der Waals surface area contributed by atoms with Gasteiger partial charge in [-0.05, 0) is 17.7 Å². The Morgan fingerprint density at radius 3 is 2.50 bits per heavy atom. The third-order valence-corrected chi connectivity index (χ3v) is 4.84. The molecule has 0 bridgehead atoms. The third-order valence-electron chi connectivity index (χ3n) is 4.84. The Morgan fingerprint density at radius 1 is 0.964 bits per heavy atom. The van der Waals surface area contributed by atoms with Crippen LogP contribution in [0.1, 0.15) is 5.56 Å². The highest BCUT2D eigenvalue weighted by molar-refractivity contribution is 5.62. The topological polar surface area (TPSA) is 66.4 Å². The van der Waals surface area contributed by atoms with Crippen molar-refractivity contribution in [2.75, 3.05) is 43.5 Å².